The van der Waals surface area contributed by atoms with Crippen molar-refractivity contribution in [3.05, 3.63) is 65.2 Å². The van der Waals surface area contributed by atoms with E-state index in [0.717, 1.165) is 12.1 Å². The van der Waals surface area contributed by atoms with Crippen molar-refractivity contribution in [3.63, 3.8) is 0 Å². The summed E-state index contributed by atoms with van der Waals surface area (Å²) >= 11 is 0. The minimum absolute atomic E-state index is 0.0444. The highest BCUT2D eigenvalue weighted by molar-refractivity contribution is 6.04. The van der Waals surface area contributed by atoms with Crippen LogP contribution in [0.4, 0.5) is 5.69 Å². The Morgan fingerprint density at radius 2 is 1.41 bits per heavy atom. The quantitative estimate of drug-likeness (QED) is 0.510. The predicted molar refractivity (Wildman–Crippen MR) is 120 cm³/mol. The molecule has 2 aromatic carbocycles. The predicted octanol–water partition coefficient (Wildman–Crippen LogP) is 5.39. The van der Waals surface area contributed by atoms with E-state index in [2.05, 4.69) is 50.5 Å². The zero-order valence-corrected chi connectivity index (χ0v) is 18.2. The maximum atomic E-state index is 12.5. The molecule has 0 fully saturated rings. The molecule has 0 unspecified atom stereocenters. The number of carbonyl (C=O) groups is 2. The van der Waals surface area contributed by atoms with Crippen molar-refractivity contribution in [1.82, 2.24) is 5.43 Å². The monoisotopic (exact) mass is 393 g/mol. The number of hydrogen-bond acceptors (Lipinski definition) is 3. The van der Waals surface area contributed by atoms with E-state index >= 15 is 0 Å². The second-order valence-electron chi connectivity index (χ2n) is 8.74. The molecule has 5 heteroatoms. The number of carbonyl (C=O) groups excluding carboxylic acids is 2. The Morgan fingerprint density at radius 3 is 1.93 bits per heavy atom. The van der Waals surface area contributed by atoms with Crippen LogP contribution in [0, 0.1) is 5.92 Å². The van der Waals surface area contributed by atoms with Crippen molar-refractivity contribution in [2.75, 3.05) is 5.32 Å². The molecule has 154 valence electrons. The summed E-state index contributed by atoms with van der Waals surface area (Å²) in [7, 11) is 0. The highest BCUT2D eigenvalue weighted by atomic mass is 16.2. The molecule has 0 aliphatic heterocycles. The van der Waals surface area contributed by atoms with Gasteiger partial charge in [0.25, 0.3) is 11.8 Å². The second kappa shape index (κ2) is 9.50. The third-order valence-electron chi connectivity index (χ3n) is 4.47. The number of rotatable bonds is 6. The topological polar surface area (TPSA) is 70.6 Å². The van der Waals surface area contributed by atoms with Gasteiger partial charge in [-0.3, -0.25) is 9.59 Å². The van der Waals surface area contributed by atoms with Crippen LogP contribution in [0.2, 0.25) is 0 Å². The maximum Gasteiger partial charge on any atom is 0.271 e. The molecule has 0 aliphatic rings. The summed E-state index contributed by atoms with van der Waals surface area (Å²) in [6.07, 6.45) is 0.835. The van der Waals surface area contributed by atoms with Crippen LogP contribution in [0.1, 0.15) is 74.2 Å². The van der Waals surface area contributed by atoms with Crippen molar-refractivity contribution in [2.45, 2.75) is 53.4 Å². The first-order chi connectivity index (χ1) is 13.6. The van der Waals surface area contributed by atoms with Crippen molar-refractivity contribution in [1.29, 1.82) is 0 Å². The molecule has 0 atom stereocenters. The van der Waals surface area contributed by atoms with Gasteiger partial charge >= 0.3 is 0 Å². The Balaban J connectivity index is 1.98. The Labute approximate surface area is 173 Å². The molecule has 5 nitrogen and oxygen atoms in total. The molecule has 2 aromatic rings. The molecule has 2 N–H and O–H groups in total. The maximum absolute atomic E-state index is 12.5. The van der Waals surface area contributed by atoms with Crippen LogP contribution < -0.4 is 10.7 Å². The number of nitrogens with zero attached hydrogens (tertiary/aromatic N) is 1. The summed E-state index contributed by atoms with van der Waals surface area (Å²) in [6.45, 7) is 12.5. The molecule has 0 saturated heterocycles. The van der Waals surface area contributed by atoms with E-state index in [1.54, 1.807) is 24.3 Å². The van der Waals surface area contributed by atoms with Gasteiger partial charge < -0.3 is 5.32 Å². The molecule has 2 rings (SSSR count). The van der Waals surface area contributed by atoms with Crippen LogP contribution in [0.3, 0.4) is 0 Å². The molecule has 0 saturated carbocycles. The van der Waals surface area contributed by atoms with Gasteiger partial charge in [0.2, 0.25) is 0 Å². The Morgan fingerprint density at radius 1 is 0.897 bits per heavy atom. The number of nitrogens with one attached hydrogen (secondary N) is 2. The van der Waals surface area contributed by atoms with E-state index in [-0.39, 0.29) is 17.2 Å². The average Bonchev–Trinajstić information content (AvgIpc) is 2.65. The Kier molecular flexibility index (Phi) is 7.32. The van der Waals surface area contributed by atoms with Gasteiger partial charge in [0.1, 0.15) is 0 Å². The number of hydrazone groups is 1. The fraction of sp³-hybridized carbons (Fsp3) is 0.375. The Hall–Kier alpha value is -2.95. The van der Waals surface area contributed by atoms with Crippen LogP contribution in [-0.4, -0.2) is 17.5 Å². The minimum atomic E-state index is -0.274. The van der Waals surface area contributed by atoms with Gasteiger partial charge in [0.05, 0.1) is 0 Å². The summed E-state index contributed by atoms with van der Waals surface area (Å²) in [5, 5.41) is 6.98. The van der Waals surface area contributed by atoms with Gasteiger partial charge in [-0.1, -0.05) is 46.8 Å². The fourth-order valence-corrected chi connectivity index (χ4v) is 2.88. The van der Waals surface area contributed by atoms with Crippen molar-refractivity contribution < 1.29 is 9.59 Å². The van der Waals surface area contributed by atoms with Crippen LogP contribution in [0.5, 0.6) is 0 Å². The van der Waals surface area contributed by atoms with E-state index in [1.807, 2.05) is 31.2 Å². The fourth-order valence-electron chi connectivity index (χ4n) is 2.88. The molecule has 0 radical (unpaired) electrons. The van der Waals surface area contributed by atoms with E-state index in [0.29, 0.717) is 22.7 Å². The SMILES string of the molecule is C/C(CC(C)C)=N\NC(=O)c1ccc(NC(=O)c2ccc(C(C)(C)C)cc2)cc1. The largest absolute Gasteiger partial charge is 0.322 e. The van der Waals surface area contributed by atoms with Gasteiger partial charge in [0, 0.05) is 22.5 Å². The molecular weight excluding hydrogens is 362 g/mol. The number of hydrogen-bond donors (Lipinski definition) is 2. The van der Waals surface area contributed by atoms with Crippen molar-refractivity contribution >= 4 is 23.2 Å². The molecular formula is C24H31N3O2. The van der Waals surface area contributed by atoms with Crippen LogP contribution in [0.15, 0.2) is 53.6 Å². The van der Waals surface area contributed by atoms with Crippen molar-refractivity contribution in [3.8, 4) is 0 Å². The number of benzene rings is 2. The molecule has 0 bridgehead atoms. The lowest BCUT2D eigenvalue weighted by Crippen LogP contribution is -2.19. The average molecular weight is 394 g/mol. The van der Waals surface area contributed by atoms with Gasteiger partial charge in [-0.2, -0.15) is 5.10 Å². The summed E-state index contributed by atoms with van der Waals surface area (Å²) in [4.78, 5) is 24.6. The first-order valence-electron chi connectivity index (χ1n) is 9.91. The molecule has 0 spiro atoms. The smallest absolute Gasteiger partial charge is 0.271 e. The summed E-state index contributed by atoms with van der Waals surface area (Å²) in [5.41, 5.74) is 6.38. The third kappa shape index (κ3) is 6.86. The molecule has 0 aliphatic carbocycles. The lowest BCUT2D eigenvalue weighted by atomic mass is 9.87. The first kappa shape index (κ1) is 22.3. The third-order valence-corrected chi connectivity index (χ3v) is 4.47. The summed E-state index contributed by atoms with van der Waals surface area (Å²) < 4.78 is 0. The van der Waals surface area contributed by atoms with E-state index in [4.69, 9.17) is 0 Å². The van der Waals surface area contributed by atoms with E-state index < -0.39 is 0 Å². The van der Waals surface area contributed by atoms with Crippen LogP contribution >= 0.6 is 0 Å². The highest BCUT2D eigenvalue weighted by Gasteiger charge is 2.14. The van der Waals surface area contributed by atoms with Crippen LogP contribution in [-0.2, 0) is 5.41 Å². The van der Waals surface area contributed by atoms with Gasteiger partial charge in [-0.05, 0) is 66.6 Å². The second-order valence-corrected chi connectivity index (χ2v) is 8.74. The highest BCUT2D eigenvalue weighted by Crippen LogP contribution is 2.22. The lowest BCUT2D eigenvalue weighted by molar-refractivity contribution is 0.0954. The molecule has 2 amide bonds. The van der Waals surface area contributed by atoms with Gasteiger partial charge in [-0.25, -0.2) is 5.43 Å². The summed E-state index contributed by atoms with van der Waals surface area (Å²) in [5.74, 6) is 0.0311. The first-order valence-corrected chi connectivity index (χ1v) is 9.91. The lowest BCUT2D eigenvalue weighted by Gasteiger charge is -2.19. The molecule has 0 aromatic heterocycles. The number of amides is 2. The normalized spacial score (nSPS) is 12.0. The van der Waals surface area contributed by atoms with Gasteiger partial charge in [-0.15, -0.1) is 0 Å². The minimum Gasteiger partial charge on any atom is -0.322 e. The standard InChI is InChI=1S/C24H31N3O2/c1-16(2)15-17(3)26-27-23(29)19-9-13-21(14-10-19)25-22(28)18-7-11-20(12-8-18)24(4,5)6/h7-14,16H,15H2,1-6H3,(H,25,28)(H,27,29)/b26-17+. The number of anilines is 1. The summed E-state index contributed by atoms with van der Waals surface area (Å²) in [6, 6.07) is 14.4. The van der Waals surface area contributed by atoms with E-state index in [1.165, 1.54) is 5.56 Å². The molecule has 29 heavy (non-hydrogen) atoms. The molecule has 0 heterocycles. The van der Waals surface area contributed by atoms with E-state index in [9.17, 15) is 9.59 Å². The van der Waals surface area contributed by atoms with Crippen LogP contribution in [0.25, 0.3) is 0 Å². The zero-order chi connectivity index (χ0) is 21.6. The zero-order valence-electron chi connectivity index (χ0n) is 18.2. The van der Waals surface area contributed by atoms with Crippen molar-refractivity contribution in [2.24, 2.45) is 11.0 Å². The van der Waals surface area contributed by atoms with Gasteiger partial charge in [0.15, 0.2) is 0 Å². The Bertz CT molecular complexity index is 874.